The lowest BCUT2D eigenvalue weighted by Gasteiger charge is -2.18. The van der Waals surface area contributed by atoms with Gasteiger partial charge < -0.3 is 11.1 Å². The van der Waals surface area contributed by atoms with E-state index in [1.807, 2.05) is 6.07 Å². The summed E-state index contributed by atoms with van der Waals surface area (Å²) in [6.45, 7) is 0. The van der Waals surface area contributed by atoms with E-state index in [0.717, 1.165) is 4.47 Å². The molecular weight excluding hydrogens is 468 g/mol. The third-order valence-corrected chi connectivity index (χ3v) is 4.58. The first-order valence-electron chi connectivity index (χ1n) is 7.52. The van der Waals surface area contributed by atoms with Crippen molar-refractivity contribution in [3.8, 4) is 0 Å². The van der Waals surface area contributed by atoms with Crippen molar-refractivity contribution in [3.63, 3.8) is 0 Å². The molecule has 0 aliphatic rings. The first-order valence-corrected chi connectivity index (χ1v) is 9.10. The minimum Gasteiger partial charge on any atom is -0.352 e. The number of primary amides is 1. The molecule has 2 aromatic rings. The van der Waals surface area contributed by atoms with Crippen LogP contribution >= 0.6 is 31.9 Å². The van der Waals surface area contributed by atoms with Gasteiger partial charge in [-0.3, -0.25) is 20.4 Å². The zero-order chi connectivity index (χ0) is 19.1. The quantitative estimate of drug-likeness (QED) is 0.490. The zero-order valence-corrected chi connectivity index (χ0v) is 16.6. The number of rotatable bonds is 5. The van der Waals surface area contributed by atoms with Gasteiger partial charge in [-0.15, -0.1) is 0 Å². The number of amides is 4. The van der Waals surface area contributed by atoms with Gasteiger partial charge in [0, 0.05) is 8.95 Å². The summed E-state index contributed by atoms with van der Waals surface area (Å²) < 4.78 is 1.41. The largest absolute Gasteiger partial charge is 0.352 e. The smallest absolute Gasteiger partial charge is 0.312 e. The molecule has 0 unspecified atom stereocenters. The molecule has 0 fully saturated rings. The average molecular weight is 484 g/mol. The van der Waals surface area contributed by atoms with Crippen molar-refractivity contribution in [2.24, 2.45) is 5.73 Å². The summed E-state index contributed by atoms with van der Waals surface area (Å²) >= 11 is 6.61. The molecule has 2 aromatic carbocycles. The van der Waals surface area contributed by atoms with E-state index < -0.39 is 23.9 Å². The highest BCUT2D eigenvalue weighted by atomic mass is 79.9. The number of nitrogens with one attached hydrogen (secondary N) is 3. The SMILES string of the molecule is NC(=O)N[C@H](CC(=O)NNC(=O)c1ccccc1Br)c1cccc(Br)c1. The standard InChI is InChI=1S/C17H16Br2N4O3/c18-11-5-3-4-10(8-11)14(21-17(20)26)9-15(24)22-23-16(25)12-6-1-2-7-13(12)19/h1-8,14H,9H2,(H,22,24)(H,23,25)(H3,20,21,26)/t14-/m1/s1. The second-order valence-electron chi connectivity index (χ2n) is 5.30. The monoisotopic (exact) mass is 482 g/mol. The summed E-state index contributed by atoms with van der Waals surface area (Å²) in [6, 6.07) is 12.6. The summed E-state index contributed by atoms with van der Waals surface area (Å²) in [5.74, 6) is -0.947. The molecule has 0 heterocycles. The molecule has 0 aliphatic carbocycles. The normalized spacial score (nSPS) is 11.3. The Morgan fingerprint density at radius 1 is 1.00 bits per heavy atom. The molecule has 0 spiro atoms. The molecule has 136 valence electrons. The van der Waals surface area contributed by atoms with E-state index in [0.29, 0.717) is 15.6 Å². The molecule has 0 bridgehead atoms. The maximum Gasteiger partial charge on any atom is 0.312 e. The van der Waals surface area contributed by atoms with E-state index in [9.17, 15) is 14.4 Å². The lowest BCUT2D eigenvalue weighted by Crippen LogP contribution is -2.44. The Balaban J connectivity index is 2.00. The minimum absolute atomic E-state index is 0.102. The summed E-state index contributed by atoms with van der Waals surface area (Å²) in [5.41, 5.74) is 10.9. The van der Waals surface area contributed by atoms with Gasteiger partial charge in [0.15, 0.2) is 0 Å². The molecule has 5 N–H and O–H groups in total. The van der Waals surface area contributed by atoms with Gasteiger partial charge in [-0.2, -0.15) is 0 Å². The predicted octanol–water partition coefficient (Wildman–Crippen LogP) is 2.77. The van der Waals surface area contributed by atoms with Gasteiger partial charge in [0.25, 0.3) is 5.91 Å². The second-order valence-corrected chi connectivity index (χ2v) is 7.07. The molecule has 0 aliphatic heterocycles. The zero-order valence-electron chi connectivity index (χ0n) is 13.5. The van der Waals surface area contributed by atoms with Crippen LogP contribution in [0, 0.1) is 0 Å². The summed E-state index contributed by atoms with van der Waals surface area (Å²) in [6.07, 6.45) is -0.102. The molecule has 0 radical (unpaired) electrons. The number of benzene rings is 2. The van der Waals surface area contributed by atoms with Gasteiger partial charge >= 0.3 is 6.03 Å². The van der Waals surface area contributed by atoms with E-state index in [2.05, 4.69) is 48.0 Å². The number of hydrogen-bond donors (Lipinski definition) is 4. The third kappa shape index (κ3) is 5.85. The molecule has 9 heteroatoms. The van der Waals surface area contributed by atoms with Gasteiger partial charge in [-0.05, 0) is 45.8 Å². The number of carbonyl (C=O) groups excluding carboxylic acids is 3. The van der Waals surface area contributed by atoms with Crippen molar-refractivity contribution >= 4 is 49.7 Å². The molecule has 7 nitrogen and oxygen atoms in total. The van der Waals surface area contributed by atoms with E-state index >= 15 is 0 Å². The lowest BCUT2D eigenvalue weighted by molar-refractivity contribution is -0.122. The highest BCUT2D eigenvalue weighted by Gasteiger charge is 2.18. The van der Waals surface area contributed by atoms with Crippen LogP contribution in [-0.4, -0.2) is 17.8 Å². The fraction of sp³-hybridized carbons (Fsp3) is 0.118. The fourth-order valence-corrected chi connectivity index (χ4v) is 3.10. The average Bonchev–Trinajstić information content (AvgIpc) is 2.59. The van der Waals surface area contributed by atoms with Crippen molar-refractivity contribution in [2.75, 3.05) is 0 Å². The van der Waals surface area contributed by atoms with Gasteiger partial charge in [0.2, 0.25) is 5.91 Å². The maximum atomic E-state index is 12.2. The first kappa shape index (κ1) is 19.9. The van der Waals surface area contributed by atoms with Crippen molar-refractivity contribution in [3.05, 3.63) is 68.6 Å². The Bertz CT molecular complexity index is 829. The maximum absolute atomic E-state index is 12.2. The summed E-state index contributed by atoms with van der Waals surface area (Å²) in [5, 5.41) is 2.52. The molecule has 2 rings (SSSR count). The number of nitrogens with two attached hydrogens (primary N) is 1. The number of halogens is 2. The van der Waals surface area contributed by atoms with Crippen LogP contribution in [-0.2, 0) is 4.79 Å². The summed E-state index contributed by atoms with van der Waals surface area (Å²) in [7, 11) is 0. The van der Waals surface area contributed by atoms with Crippen LogP contribution in [0.4, 0.5) is 4.79 Å². The number of hydrogen-bond acceptors (Lipinski definition) is 3. The van der Waals surface area contributed by atoms with Crippen LogP contribution in [0.1, 0.15) is 28.4 Å². The molecule has 26 heavy (non-hydrogen) atoms. The molecule has 1 atom stereocenters. The Kier molecular flexibility index (Phi) is 7.16. The third-order valence-electron chi connectivity index (χ3n) is 3.39. The molecule has 4 amide bonds. The highest BCUT2D eigenvalue weighted by Crippen LogP contribution is 2.21. The second kappa shape index (κ2) is 9.35. The molecule has 0 aromatic heterocycles. The van der Waals surface area contributed by atoms with Crippen LogP contribution in [0.3, 0.4) is 0 Å². The highest BCUT2D eigenvalue weighted by molar-refractivity contribution is 9.10. The topological polar surface area (TPSA) is 113 Å². The number of urea groups is 1. The van der Waals surface area contributed by atoms with Gasteiger partial charge in [0.1, 0.15) is 0 Å². The molecular formula is C17H16Br2N4O3. The van der Waals surface area contributed by atoms with Crippen molar-refractivity contribution in [1.82, 2.24) is 16.2 Å². The minimum atomic E-state index is -0.750. The Hall–Kier alpha value is -2.39. The number of hydrazine groups is 1. The van der Waals surface area contributed by atoms with Crippen LogP contribution < -0.4 is 21.9 Å². The summed E-state index contributed by atoms with van der Waals surface area (Å²) in [4.78, 5) is 35.5. The molecule has 0 saturated carbocycles. The van der Waals surface area contributed by atoms with Crippen LogP contribution in [0.15, 0.2) is 57.5 Å². The Morgan fingerprint density at radius 2 is 1.73 bits per heavy atom. The van der Waals surface area contributed by atoms with E-state index in [1.165, 1.54) is 0 Å². The van der Waals surface area contributed by atoms with Crippen molar-refractivity contribution in [2.45, 2.75) is 12.5 Å². The van der Waals surface area contributed by atoms with Crippen LogP contribution in [0.25, 0.3) is 0 Å². The van der Waals surface area contributed by atoms with Gasteiger partial charge in [-0.1, -0.05) is 40.2 Å². The fourth-order valence-electron chi connectivity index (χ4n) is 2.22. The Labute approximate surface area is 166 Å². The lowest BCUT2D eigenvalue weighted by atomic mass is 10.0. The van der Waals surface area contributed by atoms with Gasteiger partial charge in [0.05, 0.1) is 18.0 Å². The van der Waals surface area contributed by atoms with E-state index in [1.54, 1.807) is 42.5 Å². The van der Waals surface area contributed by atoms with Crippen molar-refractivity contribution in [1.29, 1.82) is 0 Å². The van der Waals surface area contributed by atoms with Crippen molar-refractivity contribution < 1.29 is 14.4 Å². The number of carbonyl (C=O) groups is 3. The first-order chi connectivity index (χ1) is 12.4. The van der Waals surface area contributed by atoms with Gasteiger partial charge in [-0.25, -0.2) is 4.79 Å². The van der Waals surface area contributed by atoms with Crippen LogP contribution in [0.2, 0.25) is 0 Å². The predicted molar refractivity (Wildman–Crippen MR) is 104 cm³/mol. The Morgan fingerprint density at radius 3 is 2.38 bits per heavy atom. The molecule has 0 saturated heterocycles. The van der Waals surface area contributed by atoms with E-state index in [-0.39, 0.29) is 6.42 Å². The van der Waals surface area contributed by atoms with Crippen LogP contribution in [0.5, 0.6) is 0 Å². The van der Waals surface area contributed by atoms with E-state index in [4.69, 9.17) is 5.73 Å².